The van der Waals surface area contributed by atoms with Gasteiger partial charge in [-0.2, -0.15) is 4.80 Å². The van der Waals surface area contributed by atoms with E-state index in [0.29, 0.717) is 5.82 Å². The number of hydrogen-bond donors (Lipinski definition) is 1. The fourth-order valence-corrected chi connectivity index (χ4v) is 1.68. The van der Waals surface area contributed by atoms with Gasteiger partial charge in [0.25, 0.3) is 0 Å². The number of aliphatic carboxylic acids is 1. The van der Waals surface area contributed by atoms with Crippen molar-refractivity contribution < 1.29 is 9.90 Å². The monoisotopic (exact) mass is 274 g/mol. The normalized spacial score (nSPS) is 13.2. The maximum Gasteiger partial charge on any atom is 0.310 e. The molecule has 1 atom stereocenters. The van der Waals surface area contributed by atoms with E-state index in [0.717, 1.165) is 11.1 Å². The molecule has 0 aliphatic heterocycles. The van der Waals surface area contributed by atoms with Gasteiger partial charge in [-0.15, -0.1) is 10.2 Å². The van der Waals surface area contributed by atoms with Crippen molar-refractivity contribution in [1.29, 1.82) is 0 Å². The number of tetrazole rings is 1. The van der Waals surface area contributed by atoms with E-state index in [-0.39, 0.29) is 5.54 Å². The van der Waals surface area contributed by atoms with Gasteiger partial charge >= 0.3 is 5.97 Å². The largest absolute Gasteiger partial charge is 0.481 e. The Morgan fingerprint density at radius 1 is 1.25 bits per heavy atom. The van der Waals surface area contributed by atoms with Crippen LogP contribution in [0, 0.1) is 0 Å². The van der Waals surface area contributed by atoms with Crippen LogP contribution >= 0.6 is 0 Å². The summed E-state index contributed by atoms with van der Waals surface area (Å²) in [7, 11) is 0. The topological polar surface area (TPSA) is 80.9 Å². The lowest BCUT2D eigenvalue weighted by Gasteiger charge is -2.15. The van der Waals surface area contributed by atoms with Crippen molar-refractivity contribution in [2.75, 3.05) is 0 Å². The summed E-state index contributed by atoms with van der Waals surface area (Å²) in [5.74, 6) is -0.828. The number of benzene rings is 1. The summed E-state index contributed by atoms with van der Waals surface area (Å²) in [5.41, 5.74) is 1.36. The average Bonchev–Trinajstić information content (AvgIpc) is 2.87. The van der Waals surface area contributed by atoms with Crippen molar-refractivity contribution in [3.8, 4) is 11.4 Å². The Morgan fingerprint density at radius 2 is 1.85 bits per heavy atom. The molecule has 0 saturated carbocycles. The third-order valence-corrected chi connectivity index (χ3v) is 3.05. The first kappa shape index (κ1) is 14.2. The molecule has 0 aliphatic rings. The summed E-state index contributed by atoms with van der Waals surface area (Å²) in [6.45, 7) is 7.65. The highest BCUT2D eigenvalue weighted by molar-refractivity contribution is 5.75. The quantitative estimate of drug-likeness (QED) is 0.928. The molecule has 6 nitrogen and oxygen atoms in total. The van der Waals surface area contributed by atoms with E-state index in [1.165, 1.54) is 0 Å². The van der Waals surface area contributed by atoms with Crippen molar-refractivity contribution in [3.63, 3.8) is 0 Å². The molecule has 0 bridgehead atoms. The number of hydrogen-bond acceptors (Lipinski definition) is 4. The van der Waals surface area contributed by atoms with Gasteiger partial charge in [0.05, 0.1) is 11.5 Å². The molecule has 6 heteroatoms. The highest BCUT2D eigenvalue weighted by Crippen LogP contribution is 2.21. The maximum atomic E-state index is 10.9. The maximum absolute atomic E-state index is 10.9. The van der Waals surface area contributed by atoms with Crippen LogP contribution in [0.15, 0.2) is 24.3 Å². The van der Waals surface area contributed by atoms with Crippen molar-refractivity contribution >= 4 is 5.97 Å². The second-order valence-corrected chi connectivity index (χ2v) is 5.76. The molecule has 1 unspecified atom stereocenters. The predicted molar refractivity (Wildman–Crippen MR) is 74.3 cm³/mol. The molecule has 20 heavy (non-hydrogen) atoms. The molecule has 1 aromatic heterocycles. The van der Waals surface area contributed by atoms with Gasteiger partial charge in [-0.3, -0.25) is 4.79 Å². The molecule has 1 N–H and O–H groups in total. The number of carboxylic acids is 1. The first-order chi connectivity index (χ1) is 9.29. The second-order valence-electron chi connectivity index (χ2n) is 5.76. The number of carboxylic acid groups (broad SMARTS) is 1. The van der Waals surface area contributed by atoms with E-state index >= 15 is 0 Å². The Labute approximate surface area is 117 Å². The molecular weight excluding hydrogens is 256 g/mol. The molecule has 0 aliphatic carbocycles. The van der Waals surface area contributed by atoms with Gasteiger partial charge in [-0.25, -0.2) is 0 Å². The lowest BCUT2D eigenvalue weighted by Crippen LogP contribution is -2.24. The highest BCUT2D eigenvalue weighted by Gasteiger charge is 2.18. The zero-order valence-electron chi connectivity index (χ0n) is 12.0. The Hall–Kier alpha value is -2.24. The Bertz CT molecular complexity index is 611. The molecule has 2 rings (SSSR count). The molecule has 1 aromatic carbocycles. The molecule has 2 aromatic rings. The van der Waals surface area contributed by atoms with Crippen LogP contribution in [0.3, 0.4) is 0 Å². The minimum absolute atomic E-state index is 0.219. The van der Waals surface area contributed by atoms with Gasteiger partial charge in [0.2, 0.25) is 5.82 Å². The number of nitrogens with zero attached hydrogens (tertiary/aromatic N) is 4. The van der Waals surface area contributed by atoms with Crippen LogP contribution in [0.5, 0.6) is 0 Å². The average molecular weight is 274 g/mol. The van der Waals surface area contributed by atoms with E-state index in [1.807, 2.05) is 32.9 Å². The fourth-order valence-electron chi connectivity index (χ4n) is 1.68. The van der Waals surface area contributed by atoms with Crippen LogP contribution in [0.2, 0.25) is 0 Å². The summed E-state index contributed by atoms with van der Waals surface area (Å²) in [4.78, 5) is 12.5. The molecule has 0 amide bonds. The molecule has 0 fully saturated rings. The Morgan fingerprint density at radius 3 is 2.30 bits per heavy atom. The second kappa shape index (κ2) is 5.03. The fraction of sp³-hybridized carbons (Fsp3) is 0.429. The van der Waals surface area contributed by atoms with Crippen molar-refractivity contribution in [2.45, 2.75) is 39.2 Å². The zero-order valence-corrected chi connectivity index (χ0v) is 12.0. The molecule has 0 radical (unpaired) electrons. The summed E-state index contributed by atoms with van der Waals surface area (Å²) in [6, 6.07) is 7.20. The van der Waals surface area contributed by atoms with Crippen LogP contribution in [0.1, 0.15) is 39.2 Å². The number of aromatic nitrogens is 4. The Balaban J connectivity index is 2.26. The zero-order chi connectivity index (χ0) is 14.9. The third-order valence-electron chi connectivity index (χ3n) is 3.05. The van der Waals surface area contributed by atoms with Gasteiger partial charge in [0, 0.05) is 5.56 Å². The number of carbonyl (C=O) groups is 1. The number of rotatable bonds is 3. The molecular formula is C14H18N4O2. The van der Waals surface area contributed by atoms with E-state index in [1.54, 1.807) is 23.9 Å². The van der Waals surface area contributed by atoms with E-state index in [9.17, 15) is 4.79 Å². The van der Waals surface area contributed by atoms with Gasteiger partial charge in [0.1, 0.15) is 0 Å². The minimum Gasteiger partial charge on any atom is -0.481 e. The molecule has 106 valence electrons. The standard InChI is InChI=1S/C14H18N4O2/c1-9(13(19)20)10-5-7-11(8-6-10)12-15-17-18(16-12)14(2,3)4/h5-9H,1-4H3,(H,19,20). The Kier molecular flexibility index (Phi) is 3.57. The molecule has 1 heterocycles. The van der Waals surface area contributed by atoms with Gasteiger partial charge < -0.3 is 5.11 Å². The predicted octanol–water partition coefficient (Wildman–Crippen LogP) is 2.28. The van der Waals surface area contributed by atoms with Gasteiger partial charge in [-0.05, 0) is 38.5 Å². The SMILES string of the molecule is CC(C(=O)O)c1ccc(-c2nnn(C(C)(C)C)n2)cc1. The first-order valence-electron chi connectivity index (χ1n) is 6.42. The third kappa shape index (κ3) is 2.84. The van der Waals surface area contributed by atoms with Crippen LogP contribution in [0.25, 0.3) is 11.4 Å². The van der Waals surface area contributed by atoms with E-state index in [2.05, 4.69) is 15.4 Å². The smallest absolute Gasteiger partial charge is 0.310 e. The van der Waals surface area contributed by atoms with Gasteiger partial charge in [0.15, 0.2) is 0 Å². The first-order valence-corrected chi connectivity index (χ1v) is 6.42. The van der Waals surface area contributed by atoms with Crippen molar-refractivity contribution in [1.82, 2.24) is 20.2 Å². The van der Waals surface area contributed by atoms with Crippen LogP contribution in [-0.4, -0.2) is 31.3 Å². The summed E-state index contributed by atoms with van der Waals surface area (Å²) >= 11 is 0. The summed E-state index contributed by atoms with van der Waals surface area (Å²) in [6.07, 6.45) is 0. The van der Waals surface area contributed by atoms with Crippen LogP contribution in [0.4, 0.5) is 0 Å². The summed E-state index contributed by atoms with van der Waals surface area (Å²) in [5, 5.41) is 21.4. The lowest BCUT2D eigenvalue weighted by molar-refractivity contribution is -0.138. The summed E-state index contributed by atoms with van der Waals surface area (Å²) < 4.78 is 0. The molecule has 0 spiro atoms. The van der Waals surface area contributed by atoms with E-state index < -0.39 is 11.9 Å². The van der Waals surface area contributed by atoms with Gasteiger partial charge in [-0.1, -0.05) is 24.3 Å². The van der Waals surface area contributed by atoms with Crippen molar-refractivity contribution in [2.24, 2.45) is 0 Å². The van der Waals surface area contributed by atoms with E-state index in [4.69, 9.17) is 5.11 Å². The van der Waals surface area contributed by atoms with Crippen molar-refractivity contribution in [3.05, 3.63) is 29.8 Å². The lowest BCUT2D eigenvalue weighted by atomic mass is 10.00. The van der Waals surface area contributed by atoms with Crippen LogP contribution < -0.4 is 0 Å². The van der Waals surface area contributed by atoms with Crippen LogP contribution in [-0.2, 0) is 10.3 Å². The highest BCUT2D eigenvalue weighted by atomic mass is 16.4. The molecule has 0 saturated heterocycles. The minimum atomic E-state index is -0.838.